The normalized spacial score (nSPS) is 11.3. The molecule has 0 amide bonds. The first-order valence-electron chi connectivity index (χ1n) is 6.48. The molecule has 114 valence electrons. The van der Waals surface area contributed by atoms with Gasteiger partial charge in [-0.25, -0.2) is 19.3 Å². The van der Waals surface area contributed by atoms with Crippen LogP contribution in [0.2, 0.25) is 0 Å². The zero-order valence-corrected chi connectivity index (χ0v) is 11.6. The molecular weight excluding hydrogens is 295 g/mol. The summed E-state index contributed by atoms with van der Waals surface area (Å²) in [5.41, 5.74) is 0.191. The van der Waals surface area contributed by atoms with Crippen LogP contribution in [0.4, 0.5) is 19.0 Å². The van der Waals surface area contributed by atoms with Gasteiger partial charge in [-0.05, 0) is 12.1 Å². The fourth-order valence-electron chi connectivity index (χ4n) is 2.27. The molecule has 1 aromatic carbocycles. The van der Waals surface area contributed by atoms with Gasteiger partial charge < -0.3 is 4.90 Å². The van der Waals surface area contributed by atoms with Crippen molar-refractivity contribution in [3.63, 3.8) is 0 Å². The minimum atomic E-state index is -2.66. The monoisotopic (exact) mass is 307 g/mol. The molecule has 0 aliphatic rings. The quantitative estimate of drug-likeness (QED) is 0.743. The Hall–Kier alpha value is -2.64. The number of nitrogens with zero attached hydrogens (tertiary/aromatic N) is 5. The number of para-hydroxylation sites is 1. The number of anilines is 1. The first-order chi connectivity index (χ1) is 10.6. The number of aromatic nitrogens is 4. The van der Waals surface area contributed by atoms with E-state index in [2.05, 4.69) is 15.0 Å². The van der Waals surface area contributed by atoms with Crippen LogP contribution in [-0.4, -0.2) is 26.6 Å². The molecule has 0 unspecified atom stereocenters. The van der Waals surface area contributed by atoms with Gasteiger partial charge in [0.1, 0.15) is 29.3 Å². The Morgan fingerprint density at radius 1 is 1.23 bits per heavy atom. The smallest absolute Gasteiger partial charge is 0.319 e. The predicted molar refractivity (Wildman–Crippen MR) is 75.1 cm³/mol. The number of fused-ring (bicyclic) bond motifs is 1. The van der Waals surface area contributed by atoms with E-state index < -0.39 is 12.4 Å². The molecule has 3 rings (SSSR count). The average molecular weight is 307 g/mol. The molecule has 0 bridgehead atoms. The lowest BCUT2D eigenvalue weighted by molar-refractivity contribution is 0.0670. The largest absolute Gasteiger partial charge is 0.352 e. The minimum absolute atomic E-state index is 0.111. The second-order valence-electron chi connectivity index (χ2n) is 4.72. The molecule has 0 atom stereocenters. The zero-order valence-electron chi connectivity index (χ0n) is 11.6. The molecule has 0 saturated heterocycles. The maximum Gasteiger partial charge on any atom is 0.319 e. The van der Waals surface area contributed by atoms with E-state index in [1.165, 1.54) is 24.8 Å². The third kappa shape index (κ3) is 2.47. The van der Waals surface area contributed by atoms with E-state index in [9.17, 15) is 13.2 Å². The minimum Gasteiger partial charge on any atom is -0.352 e. The molecule has 22 heavy (non-hydrogen) atoms. The highest BCUT2D eigenvalue weighted by Crippen LogP contribution is 2.25. The SMILES string of the molecule is CN(Cc1nccn1C(F)F)c1ncnc2c(F)cccc12. The van der Waals surface area contributed by atoms with Crippen LogP contribution in [0.3, 0.4) is 0 Å². The molecule has 2 heterocycles. The van der Waals surface area contributed by atoms with Crippen molar-refractivity contribution in [3.8, 4) is 0 Å². The van der Waals surface area contributed by atoms with Crippen molar-refractivity contribution < 1.29 is 13.2 Å². The van der Waals surface area contributed by atoms with Crippen LogP contribution in [-0.2, 0) is 6.54 Å². The molecule has 0 saturated carbocycles. The summed E-state index contributed by atoms with van der Waals surface area (Å²) in [6.45, 7) is -2.55. The molecule has 5 nitrogen and oxygen atoms in total. The third-order valence-electron chi connectivity index (χ3n) is 3.29. The van der Waals surface area contributed by atoms with Gasteiger partial charge in [0.05, 0.1) is 6.54 Å². The first kappa shape index (κ1) is 14.3. The second-order valence-corrected chi connectivity index (χ2v) is 4.72. The summed E-state index contributed by atoms with van der Waals surface area (Å²) in [6.07, 6.45) is 3.77. The number of hydrogen-bond donors (Lipinski definition) is 0. The molecular formula is C14H12F3N5. The molecule has 0 fully saturated rings. The number of halogens is 3. The Labute approximate surface area is 124 Å². The Morgan fingerprint density at radius 3 is 2.82 bits per heavy atom. The van der Waals surface area contributed by atoms with E-state index >= 15 is 0 Å². The zero-order chi connectivity index (χ0) is 15.7. The summed E-state index contributed by atoms with van der Waals surface area (Å²) in [6, 6.07) is 4.55. The molecule has 2 aromatic heterocycles. The van der Waals surface area contributed by atoms with Gasteiger partial charge in [-0.3, -0.25) is 4.57 Å². The van der Waals surface area contributed by atoms with Gasteiger partial charge in [0.15, 0.2) is 0 Å². The van der Waals surface area contributed by atoms with Crippen LogP contribution >= 0.6 is 0 Å². The predicted octanol–water partition coefficient (Wildman–Crippen LogP) is 3.00. The van der Waals surface area contributed by atoms with Gasteiger partial charge >= 0.3 is 6.55 Å². The lowest BCUT2D eigenvalue weighted by atomic mass is 10.2. The lowest BCUT2D eigenvalue weighted by Crippen LogP contribution is -2.21. The fraction of sp³-hybridized carbons (Fsp3) is 0.214. The van der Waals surface area contributed by atoms with Gasteiger partial charge in [-0.1, -0.05) is 6.07 Å². The first-order valence-corrected chi connectivity index (χ1v) is 6.48. The van der Waals surface area contributed by atoms with Crippen LogP contribution in [0.5, 0.6) is 0 Å². The molecule has 0 aliphatic carbocycles. The molecule has 0 spiro atoms. The van der Waals surface area contributed by atoms with Gasteiger partial charge in [-0.2, -0.15) is 8.78 Å². The summed E-state index contributed by atoms with van der Waals surface area (Å²) in [7, 11) is 1.68. The fourth-order valence-corrected chi connectivity index (χ4v) is 2.27. The average Bonchev–Trinajstić information content (AvgIpc) is 2.95. The molecule has 0 radical (unpaired) electrons. The van der Waals surface area contributed by atoms with E-state index in [1.54, 1.807) is 24.1 Å². The molecule has 0 aliphatic heterocycles. The summed E-state index contributed by atoms with van der Waals surface area (Å²) in [4.78, 5) is 13.6. The number of hydrogen-bond acceptors (Lipinski definition) is 4. The molecule has 8 heteroatoms. The number of alkyl halides is 2. The Morgan fingerprint density at radius 2 is 2.05 bits per heavy atom. The van der Waals surface area contributed by atoms with Gasteiger partial charge in [-0.15, -0.1) is 0 Å². The summed E-state index contributed by atoms with van der Waals surface area (Å²) >= 11 is 0. The van der Waals surface area contributed by atoms with Crippen LogP contribution in [0, 0.1) is 5.82 Å². The number of benzene rings is 1. The van der Waals surface area contributed by atoms with E-state index in [1.807, 2.05) is 0 Å². The molecule has 3 aromatic rings. The Balaban J connectivity index is 1.97. The maximum atomic E-state index is 13.8. The van der Waals surface area contributed by atoms with Crippen molar-refractivity contribution in [2.45, 2.75) is 13.1 Å². The Kier molecular flexibility index (Phi) is 3.66. The van der Waals surface area contributed by atoms with Gasteiger partial charge in [0.2, 0.25) is 0 Å². The van der Waals surface area contributed by atoms with Crippen molar-refractivity contribution in [1.29, 1.82) is 0 Å². The summed E-state index contributed by atoms with van der Waals surface area (Å²) in [5.74, 6) is 0.192. The topological polar surface area (TPSA) is 46.8 Å². The highest BCUT2D eigenvalue weighted by molar-refractivity contribution is 5.89. The highest BCUT2D eigenvalue weighted by atomic mass is 19.3. The summed E-state index contributed by atoms with van der Waals surface area (Å²) < 4.78 is 40.2. The van der Waals surface area contributed by atoms with E-state index in [0.717, 1.165) is 4.57 Å². The highest BCUT2D eigenvalue weighted by Gasteiger charge is 2.16. The van der Waals surface area contributed by atoms with Crippen LogP contribution < -0.4 is 4.90 Å². The van der Waals surface area contributed by atoms with E-state index in [0.29, 0.717) is 11.2 Å². The van der Waals surface area contributed by atoms with Crippen molar-refractivity contribution in [2.75, 3.05) is 11.9 Å². The number of rotatable bonds is 4. The van der Waals surface area contributed by atoms with Crippen molar-refractivity contribution >= 4 is 16.7 Å². The van der Waals surface area contributed by atoms with E-state index in [4.69, 9.17) is 0 Å². The maximum absolute atomic E-state index is 13.8. The third-order valence-corrected chi connectivity index (χ3v) is 3.29. The standard InChI is InChI=1S/C14H12F3N5/c1-21(7-11-18-5-6-22(11)14(16)17)13-9-3-2-4-10(15)12(9)19-8-20-13/h2-6,8,14H,7H2,1H3. The summed E-state index contributed by atoms with van der Waals surface area (Å²) in [5, 5.41) is 0.514. The van der Waals surface area contributed by atoms with Crippen molar-refractivity contribution in [1.82, 2.24) is 19.5 Å². The van der Waals surface area contributed by atoms with Gasteiger partial charge in [0, 0.05) is 24.8 Å². The van der Waals surface area contributed by atoms with Crippen molar-refractivity contribution in [2.24, 2.45) is 0 Å². The second kappa shape index (κ2) is 5.63. The Bertz CT molecular complexity index is 802. The number of imidazole rings is 1. The van der Waals surface area contributed by atoms with Gasteiger partial charge in [0.25, 0.3) is 0 Å². The molecule has 0 N–H and O–H groups in total. The van der Waals surface area contributed by atoms with Crippen LogP contribution in [0.15, 0.2) is 36.9 Å². The van der Waals surface area contributed by atoms with Crippen LogP contribution in [0.25, 0.3) is 10.9 Å². The lowest BCUT2D eigenvalue weighted by Gasteiger charge is -2.19. The van der Waals surface area contributed by atoms with E-state index in [-0.39, 0.29) is 17.9 Å². The van der Waals surface area contributed by atoms with Crippen LogP contribution in [0.1, 0.15) is 12.4 Å². The van der Waals surface area contributed by atoms with Crippen molar-refractivity contribution in [3.05, 3.63) is 48.6 Å².